The van der Waals surface area contributed by atoms with E-state index < -0.39 is 0 Å². The lowest BCUT2D eigenvalue weighted by Crippen LogP contribution is -2.49. The molecule has 1 aromatic carbocycles. The van der Waals surface area contributed by atoms with Crippen LogP contribution in [0.25, 0.3) is 0 Å². The molecule has 2 fully saturated rings. The lowest BCUT2D eigenvalue weighted by molar-refractivity contribution is 0.0315. The molecule has 2 aliphatic heterocycles. The molecule has 0 radical (unpaired) electrons. The summed E-state index contributed by atoms with van der Waals surface area (Å²) in [5, 5.41) is 0. The summed E-state index contributed by atoms with van der Waals surface area (Å²) in [6.45, 7) is 5.07. The van der Waals surface area contributed by atoms with Gasteiger partial charge in [0.15, 0.2) is 0 Å². The third-order valence-corrected chi connectivity index (χ3v) is 5.14. The number of nitrogens with zero attached hydrogens (tertiary/aromatic N) is 2. The van der Waals surface area contributed by atoms with Gasteiger partial charge in [-0.2, -0.15) is 0 Å². The second-order valence-electron chi connectivity index (χ2n) is 6.81. The van der Waals surface area contributed by atoms with Gasteiger partial charge in [0.25, 0.3) is 0 Å². The molecular formula is C17H26N2. The molecule has 104 valence electrons. The Bertz CT molecular complexity index is 407. The summed E-state index contributed by atoms with van der Waals surface area (Å²) in [6.07, 6.45) is 4.13. The predicted molar refractivity (Wildman–Crippen MR) is 80.5 cm³/mol. The van der Waals surface area contributed by atoms with Gasteiger partial charge in [-0.1, -0.05) is 30.3 Å². The largest absolute Gasteiger partial charge is 0.306 e. The van der Waals surface area contributed by atoms with Crippen LogP contribution in [-0.4, -0.2) is 50.1 Å². The fourth-order valence-electron chi connectivity index (χ4n) is 4.07. The van der Waals surface area contributed by atoms with Crippen LogP contribution in [-0.2, 0) is 0 Å². The van der Waals surface area contributed by atoms with Crippen LogP contribution in [0.3, 0.4) is 0 Å². The SMILES string of the molecule is CN1CCC2(CC1)CC(c1ccccc1)CN(C)C2. The summed E-state index contributed by atoms with van der Waals surface area (Å²) in [6, 6.07) is 11.1. The Labute approximate surface area is 117 Å². The number of hydrogen-bond acceptors (Lipinski definition) is 2. The van der Waals surface area contributed by atoms with Crippen molar-refractivity contribution in [1.82, 2.24) is 9.80 Å². The Hall–Kier alpha value is -0.860. The van der Waals surface area contributed by atoms with Crippen molar-refractivity contribution in [2.24, 2.45) is 5.41 Å². The standard InChI is InChI=1S/C17H26N2/c1-18-10-8-17(9-11-18)12-16(13-19(2)14-17)15-6-4-3-5-7-15/h3-7,16H,8-14H2,1-2H3. The average molecular weight is 258 g/mol. The highest BCUT2D eigenvalue weighted by molar-refractivity contribution is 5.21. The van der Waals surface area contributed by atoms with Crippen LogP contribution in [0, 0.1) is 5.41 Å². The zero-order chi connectivity index (χ0) is 13.3. The van der Waals surface area contributed by atoms with E-state index in [4.69, 9.17) is 0 Å². The summed E-state index contributed by atoms with van der Waals surface area (Å²) in [5.74, 6) is 0.725. The Morgan fingerprint density at radius 2 is 1.68 bits per heavy atom. The molecule has 0 bridgehead atoms. The second kappa shape index (κ2) is 5.26. The maximum Gasteiger partial charge on any atom is 0.00477 e. The van der Waals surface area contributed by atoms with E-state index in [1.807, 2.05) is 0 Å². The van der Waals surface area contributed by atoms with Crippen molar-refractivity contribution in [3.63, 3.8) is 0 Å². The summed E-state index contributed by atoms with van der Waals surface area (Å²) in [5.41, 5.74) is 2.10. The van der Waals surface area contributed by atoms with Crippen molar-refractivity contribution in [3.8, 4) is 0 Å². The van der Waals surface area contributed by atoms with Crippen LogP contribution in [0.5, 0.6) is 0 Å². The normalized spacial score (nSPS) is 28.6. The van der Waals surface area contributed by atoms with E-state index in [1.165, 1.54) is 51.0 Å². The Morgan fingerprint density at radius 1 is 1.00 bits per heavy atom. The van der Waals surface area contributed by atoms with Gasteiger partial charge < -0.3 is 9.80 Å². The van der Waals surface area contributed by atoms with E-state index in [9.17, 15) is 0 Å². The molecule has 1 spiro atoms. The van der Waals surface area contributed by atoms with Crippen molar-refractivity contribution in [2.45, 2.75) is 25.2 Å². The molecule has 0 aromatic heterocycles. The predicted octanol–water partition coefficient (Wildman–Crippen LogP) is 2.82. The lowest BCUT2D eigenvalue weighted by Gasteiger charge is -2.49. The first kappa shape index (κ1) is 13.1. The molecule has 0 amide bonds. The minimum Gasteiger partial charge on any atom is -0.306 e. The average Bonchev–Trinajstić information content (AvgIpc) is 2.43. The van der Waals surface area contributed by atoms with Gasteiger partial charge in [-0.15, -0.1) is 0 Å². The molecule has 0 saturated carbocycles. The molecule has 0 aliphatic carbocycles. The van der Waals surface area contributed by atoms with Crippen LogP contribution in [0.1, 0.15) is 30.7 Å². The number of benzene rings is 1. The molecule has 2 aliphatic rings. The lowest BCUT2D eigenvalue weighted by atomic mass is 9.68. The van der Waals surface area contributed by atoms with Gasteiger partial charge in [0.2, 0.25) is 0 Å². The first-order valence-corrected chi connectivity index (χ1v) is 7.59. The van der Waals surface area contributed by atoms with Crippen molar-refractivity contribution in [1.29, 1.82) is 0 Å². The van der Waals surface area contributed by atoms with E-state index in [0.29, 0.717) is 5.41 Å². The third-order valence-electron chi connectivity index (χ3n) is 5.14. The van der Waals surface area contributed by atoms with Gasteiger partial charge in [-0.3, -0.25) is 0 Å². The highest BCUT2D eigenvalue weighted by Gasteiger charge is 2.40. The fourth-order valence-corrected chi connectivity index (χ4v) is 4.07. The topological polar surface area (TPSA) is 6.48 Å². The number of rotatable bonds is 1. The van der Waals surface area contributed by atoms with Crippen molar-refractivity contribution < 1.29 is 0 Å². The first-order valence-electron chi connectivity index (χ1n) is 7.59. The number of hydrogen-bond donors (Lipinski definition) is 0. The third kappa shape index (κ3) is 2.85. The van der Waals surface area contributed by atoms with Gasteiger partial charge >= 0.3 is 0 Å². The Balaban J connectivity index is 1.77. The van der Waals surface area contributed by atoms with Gasteiger partial charge in [0, 0.05) is 13.1 Å². The fraction of sp³-hybridized carbons (Fsp3) is 0.647. The molecule has 3 rings (SSSR count). The highest BCUT2D eigenvalue weighted by Crippen LogP contribution is 2.44. The quantitative estimate of drug-likeness (QED) is 0.764. The molecule has 2 nitrogen and oxygen atoms in total. The second-order valence-corrected chi connectivity index (χ2v) is 6.81. The van der Waals surface area contributed by atoms with E-state index in [2.05, 4.69) is 54.2 Å². The summed E-state index contributed by atoms with van der Waals surface area (Å²) in [4.78, 5) is 5.05. The molecule has 1 aromatic rings. The highest BCUT2D eigenvalue weighted by atomic mass is 15.1. The maximum atomic E-state index is 2.56. The summed E-state index contributed by atoms with van der Waals surface area (Å²) >= 11 is 0. The molecule has 2 heterocycles. The minimum atomic E-state index is 0.569. The molecule has 2 heteroatoms. The summed E-state index contributed by atoms with van der Waals surface area (Å²) in [7, 11) is 4.56. The van der Waals surface area contributed by atoms with E-state index >= 15 is 0 Å². The van der Waals surface area contributed by atoms with Crippen LogP contribution >= 0.6 is 0 Å². The van der Waals surface area contributed by atoms with Gasteiger partial charge in [-0.05, 0) is 63.3 Å². The Kier molecular flexibility index (Phi) is 3.64. The minimum absolute atomic E-state index is 0.569. The molecule has 1 unspecified atom stereocenters. The van der Waals surface area contributed by atoms with Crippen LogP contribution in [0.2, 0.25) is 0 Å². The van der Waals surface area contributed by atoms with Crippen LogP contribution < -0.4 is 0 Å². The monoisotopic (exact) mass is 258 g/mol. The van der Waals surface area contributed by atoms with Crippen LogP contribution in [0.15, 0.2) is 30.3 Å². The van der Waals surface area contributed by atoms with Gasteiger partial charge in [0.1, 0.15) is 0 Å². The number of likely N-dealkylation sites (N-methyl/N-ethyl adjacent to an activating group) is 1. The van der Waals surface area contributed by atoms with Crippen molar-refractivity contribution in [2.75, 3.05) is 40.3 Å². The van der Waals surface area contributed by atoms with Gasteiger partial charge in [-0.25, -0.2) is 0 Å². The van der Waals surface area contributed by atoms with Crippen molar-refractivity contribution >= 4 is 0 Å². The number of piperidine rings is 2. The Morgan fingerprint density at radius 3 is 2.37 bits per heavy atom. The molecule has 1 atom stereocenters. The molecule has 0 N–H and O–H groups in total. The maximum absolute atomic E-state index is 2.56. The smallest absolute Gasteiger partial charge is 0.00477 e. The van der Waals surface area contributed by atoms with Gasteiger partial charge in [0.05, 0.1) is 0 Å². The zero-order valence-corrected chi connectivity index (χ0v) is 12.3. The molecular weight excluding hydrogens is 232 g/mol. The van der Waals surface area contributed by atoms with E-state index in [0.717, 1.165) is 5.92 Å². The van der Waals surface area contributed by atoms with Crippen molar-refractivity contribution in [3.05, 3.63) is 35.9 Å². The number of likely N-dealkylation sites (tertiary alicyclic amines) is 2. The molecule has 2 saturated heterocycles. The van der Waals surface area contributed by atoms with Crippen LogP contribution in [0.4, 0.5) is 0 Å². The first-order chi connectivity index (χ1) is 9.17. The van der Waals surface area contributed by atoms with E-state index in [1.54, 1.807) is 0 Å². The van der Waals surface area contributed by atoms with E-state index in [-0.39, 0.29) is 0 Å². The summed E-state index contributed by atoms with van der Waals surface area (Å²) < 4.78 is 0. The zero-order valence-electron chi connectivity index (χ0n) is 12.3. The molecule has 19 heavy (non-hydrogen) atoms.